The van der Waals surface area contributed by atoms with E-state index in [1.165, 1.54) is 17.0 Å². The largest absolute Gasteiger partial charge is 0.508 e. The van der Waals surface area contributed by atoms with E-state index in [4.69, 9.17) is 15.2 Å². The molecule has 0 bridgehead atoms. The van der Waals surface area contributed by atoms with E-state index in [1.54, 1.807) is 58.2 Å². The molecule has 1 amide bonds. The van der Waals surface area contributed by atoms with Crippen LogP contribution in [0.1, 0.15) is 20.8 Å². The number of carbonyl (C=O) groups excluding carboxylic acids is 1. The maximum Gasteiger partial charge on any atom is 0.414 e. The van der Waals surface area contributed by atoms with Gasteiger partial charge in [0.05, 0.1) is 11.4 Å². The summed E-state index contributed by atoms with van der Waals surface area (Å²) < 4.78 is 11.1. The maximum atomic E-state index is 12.2. The first-order valence-corrected chi connectivity index (χ1v) is 7.49. The second-order valence-electron chi connectivity index (χ2n) is 6.36. The number of nitrogen functional groups attached to an aromatic ring is 1. The van der Waals surface area contributed by atoms with E-state index in [0.717, 1.165) is 0 Å². The van der Waals surface area contributed by atoms with Gasteiger partial charge in [0.1, 0.15) is 22.8 Å². The molecule has 6 nitrogen and oxygen atoms in total. The summed E-state index contributed by atoms with van der Waals surface area (Å²) >= 11 is 0. The highest BCUT2D eigenvalue weighted by molar-refractivity contribution is 5.91. The third-order valence-corrected chi connectivity index (χ3v) is 3.10. The lowest BCUT2D eigenvalue weighted by Crippen LogP contribution is -2.34. The Morgan fingerprint density at radius 2 is 1.67 bits per heavy atom. The summed E-state index contributed by atoms with van der Waals surface area (Å²) in [5.74, 6) is 1.23. The third kappa shape index (κ3) is 4.55. The van der Waals surface area contributed by atoms with Gasteiger partial charge in [0.15, 0.2) is 0 Å². The number of hydrogen-bond acceptors (Lipinski definition) is 5. The van der Waals surface area contributed by atoms with E-state index in [1.807, 2.05) is 0 Å². The van der Waals surface area contributed by atoms with Crippen molar-refractivity contribution in [2.75, 3.05) is 17.7 Å². The summed E-state index contributed by atoms with van der Waals surface area (Å²) in [4.78, 5) is 13.5. The summed E-state index contributed by atoms with van der Waals surface area (Å²) in [6.45, 7) is 5.39. The van der Waals surface area contributed by atoms with Gasteiger partial charge in [0, 0.05) is 13.1 Å². The van der Waals surface area contributed by atoms with Crippen LogP contribution in [0, 0.1) is 0 Å². The lowest BCUT2D eigenvalue weighted by atomic mass is 10.2. The molecule has 6 heteroatoms. The zero-order valence-corrected chi connectivity index (χ0v) is 14.2. The van der Waals surface area contributed by atoms with Crippen molar-refractivity contribution in [1.29, 1.82) is 0 Å². The molecule has 0 aliphatic rings. The standard InChI is InChI=1S/C18H22N2O4/c1-18(2,3)24-17(22)20(4)16-11-14(9-10-15(16)19)23-13-7-5-12(21)6-8-13/h5-11,21H,19H2,1-4H3. The molecule has 0 aliphatic carbocycles. The van der Waals surface area contributed by atoms with Crippen LogP contribution in [0.5, 0.6) is 17.2 Å². The average molecular weight is 330 g/mol. The number of anilines is 2. The number of aromatic hydroxyl groups is 1. The fraction of sp³-hybridized carbons (Fsp3) is 0.278. The minimum absolute atomic E-state index is 0.157. The number of carbonyl (C=O) groups is 1. The number of nitrogens with two attached hydrogens (primary N) is 1. The molecule has 0 heterocycles. The number of benzene rings is 2. The van der Waals surface area contributed by atoms with Gasteiger partial charge < -0.3 is 20.3 Å². The first-order valence-electron chi connectivity index (χ1n) is 7.49. The van der Waals surface area contributed by atoms with Gasteiger partial charge in [-0.3, -0.25) is 4.90 Å². The first-order chi connectivity index (χ1) is 11.2. The van der Waals surface area contributed by atoms with Crippen LogP contribution in [0.2, 0.25) is 0 Å². The number of hydrogen-bond donors (Lipinski definition) is 2. The lowest BCUT2D eigenvalue weighted by Gasteiger charge is -2.25. The summed E-state index contributed by atoms with van der Waals surface area (Å²) in [5, 5.41) is 9.30. The van der Waals surface area contributed by atoms with Crippen molar-refractivity contribution in [2.24, 2.45) is 0 Å². The minimum atomic E-state index is -0.597. The zero-order valence-electron chi connectivity index (χ0n) is 14.2. The Bertz CT molecular complexity index is 721. The Balaban J connectivity index is 2.21. The SMILES string of the molecule is CN(C(=O)OC(C)(C)C)c1cc(Oc2ccc(O)cc2)ccc1N. The lowest BCUT2D eigenvalue weighted by molar-refractivity contribution is 0.0589. The Labute approximate surface area is 141 Å². The summed E-state index contributed by atoms with van der Waals surface area (Å²) in [7, 11) is 1.59. The molecule has 24 heavy (non-hydrogen) atoms. The predicted molar refractivity (Wildman–Crippen MR) is 93.7 cm³/mol. The van der Waals surface area contributed by atoms with Crippen LogP contribution < -0.4 is 15.4 Å². The number of phenolic OH excluding ortho intramolecular Hbond substituents is 1. The van der Waals surface area contributed by atoms with Gasteiger partial charge in [0.2, 0.25) is 0 Å². The van der Waals surface area contributed by atoms with E-state index in [0.29, 0.717) is 22.9 Å². The Morgan fingerprint density at radius 3 is 2.25 bits per heavy atom. The van der Waals surface area contributed by atoms with Crippen molar-refractivity contribution >= 4 is 17.5 Å². The maximum absolute atomic E-state index is 12.2. The second-order valence-corrected chi connectivity index (χ2v) is 6.36. The van der Waals surface area contributed by atoms with Crippen molar-refractivity contribution in [3.63, 3.8) is 0 Å². The molecule has 0 saturated carbocycles. The highest BCUT2D eigenvalue weighted by Crippen LogP contribution is 2.31. The molecule has 0 radical (unpaired) electrons. The number of rotatable bonds is 3. The summed E-state index contributed by atoms with van der Waals surface area (Å²) in [6.07, 6.45) is -0.504. The smallest absolute Gasteiger partial charge is 0.414 e. The molecule has 0 atom stereocenters. The molecule has 0 saturated heterocycles. The molecule has 2 aromatic rings. The van der Waals surface area contributed by atoms with E-state index >= 15 is 0 Å². The minimum Gasteiger partial charge on any atom is -0.508 e. The molecule has 0 unspecified atom stereocenters. The van der Waals surface area contributed by atoms with Crippen LogP contribution in [0.15, 0.2) is 42.5 Å². The molecule has 3 N–H and O–H groups in total. The first kappa shape index (κ1) is 17.5. The average Bonchev–Trinajstić information content (AvgIpc) is 2.49. The van der Waals surface area contributed by atoms with Crippen LogP contribution in [-0.2, 0) is 4.74 Å². The number of nitrogens with zero attached hydrogens (tertiary/aromatic N) is 1. The monoisotopic (exact) mass is 330 g/mol. The van der Waals surface area contributed by atoms with Crippen molar-refractivity contribution in [3.8, 4) is 17.2 Å². The van der Waals surface area contributed by atoms with Crippen molar-refractivity contribution in [1.82, 2.24) is 0 Å². The fourth-order valence-electron chi connectivity index (χ4n) is 1.96. The van der Waals surface area contributed by atoms with Gasteiger partial charge in [-0.15, -0.1) is 0 Å². The van der Waals surface area contributed by atoms with E-state index in [2.05, 4.69) is 0 Å². The van der Waals surface area contributed by atoms with Crippen molar-refractivity contribution < 1.29 is 19.4 Å². The van der Waals surface area contributed by atoms with Crippen LogP contribution in [-0.4, -0.2) is 23.8 Å². The number of phenols is 1. The number of amides is 1. The fourth-order valence-corrected chi connectivity index (χ4v) is 1.96. The predicted octanol–water partition coefficient (Wildman–Crippen LogP) is 4.14. The molecule has 128 valence electrons. The van der Waals surface area contributed by atoms with E-state index < -0.39 is 11.7 Å². The van der Waals surface area contributed by atoms with E-state index in [-0.39, 0.29) is 5.75 Å². The van der Waals surface area contributed by atoms with E-state index in [9.17, 15) is 9.90 Å². The molecule has 0 aliphatic heterocycles. The van der Waals surface area contributed by atoms with Crippen molar-refractivity contribution in [3.05, 3.63) is 42.5 Å². The molecule has 0 aromatic heterocycles. The highest BCUT2D eigenvalue weighted by atomic mass is 16.6. The van der Waals surface area contributed by atoms with Crippen LogP contribution in [0.4, 0.5) is 16.2 Å². The highest BCUT2D eigenvalue weighted by Gasteiger charge is 2.22. The van der Waals surface area contributed by atoms with Gasteiger partial charge in [0.25, 0.3) is 0 Å². The quantitative estimate of drug-likeness (QED) is 0.826. The molecular weight excluding hydrogens is 308 g/mol. The third-order valence-electron chi connectivity index (χ3n) is 3.10. The Morgan fingerprint density at radius 1 is 1.08 bits per heavy atom. The van der Waals surface area contributed by atoms with Crippen LogP contribution in [0.3, 0.4) is 0 Å². The van der Waals surface area contributed by atoms with Crippen molar-refractivity contribution in [2.45, 2.75) is 26.4 Å². The van der Waals surface area contributed by atoms with Crippen LogP contribution >= 0.6 is 0 Å². The normalized spacial score (nSPS) is 11.0. The van der Waals surface area contributed by atoms with Crippen LogP contribution in [0.25, 0.3) is 0 Å². The number of ether oxygens (including phenoxy) is 2. The Kier molecular flexibility index (Phi) is 4.87. The second kappa shape index (κ2) is 6.70. The Hall–Kier alpha value is -2.89. The summed E-state index contributed by atoms with van der Waals surface area (Å²) in [5.41, 5.74) is 6.29. The molecular formula is C18H22N2O4. The van der Waals surface area contributed by atoms with Gasteiger partial charge in [-0.1, -0.05) is 0 Å². The molecule has 2 rings (SSSR count). The molecule has 0 spiro atoms. The van der Waals surface area contributed by atoms with Gasteiger partial charge >= 0.3 is 6.09 Å². The molecule has 0 fully saturated rings. The topological polar surface area (TPSA) is 85.0 Å². The van der Waals surface area contributed by atoms with Gasteiger partial charge in [-0.05, 0) is 57.2 Å². The molecule has 2 aromatic carbocycles. The summed E-state index contributed by atoms with van der Waals surface area (Å²) in [6, 6.07) is 11.4. The van der Waals surface area contributed by atoms with Gasteiger partial charge in [-0.25, -0.2) is 4.79 Å². The van der Waals surface area contributed by atoms with Gasteiger partial charge in [-0.2, -0.15) is 0 Å². The zero-order chi connectivity index (χ0) is 17.9.